The van der Waals surface area contributed by atoms with E-state index in [-0.39, 0.29) is 12.2 Å². The highest BCUT2D eigenvalue weighted by atomic mass is 32.2. The van der Waals surface area contributed by atoms with Gasteiger partial charge in [-0.1, -0.05) is 0 Å². The Bertz CT molecular complexity index is 552. The van der Waals surface area contributed by atoms with E-state index in [9.17, 15) is 13.2 Å². The molecule has 7 heteroatoms. The quantitative estimate of drug-likeness (QED) is 0.815. The summed E-state index contributed by atoms with van der Waals surface area (Å²) in [5.41, 5.74) is 6.13. The molecule has 6 nitrogen and oxygen atoms in total. The van der Waals surface area contributed by atoms with Gasteiger partial charge in [0, 0.05) is 24.7 Å². The van der Waals surface area contributed by atoms with Crippen molar-refractivity contribution >= 4 is 21.4 Å². The average Bonchev–Trinajstić information content (AvgIpc) is 2.24. The molecule has 0 aliphatic heterocycles. The van der Waals surface area contributed by atoms with E-state index in [4.69, 9.17) is 5.73 Å². The topological polar surface area (TPSA) is 102 Å². The molecule has 0 saturated heterocycles. The highest BCUT2D eigenvalue weighted by Gasteiger charge is 2.30. The predicted octanol–water partition coefficient (Wildman–Crippen LogP) is 0.217. The van der Waals surface area contributed by atoms with Crippen LogP contribution in [0.25, 0.3) is 0 Å². The molecule has 0 aliphatic carbocycles. The van der Waals surface area contributed by atoms with Crippen LogP contribution in [0.2, 0.25) is 0 Å². The smallest absolute Gasteiger partial charge is 0.270 e. The van der Waals surface area contributed by atoms with E-state index >= 15 is 0 Å². The number of nitrogens with one attached hydrogen (secondary N) is 1. The monoisotopic (exact) mass is 271 g/mol. The molecular weight excluding hydrogens is 254 g/mol. The molecule has 0 spiro atoms. The summed E-state index contributed by atoms with van der Waals surface area (Å²) < 4.78 is 21.9. The normalized spacial score (nSPS) is 12.2. The second kappa shape index (κ2) is 4.93. The van der Waals surface area contributed by atoms with Crippen molar-refractivity contribution in [2.45, 2.75) is 18.6 Å². The molecule has 100 valence electrons. The third-order valence-electron chi connectivity index (χ3n) is 2.70. The van der Waals surface area contributed by atoms with Crippen LogP contribution in [0.3, 0.4) is 0 Å². The van der Waals surface area contributed by atoms with Crippen LogP contribution < -0.4 is 11.1 Å². The lowest BCUT2D eigenvalue weighted by Crippen LogP contribution is -2.43. The Morgan fingerprint density at radius 3 is 2.61 bits per heavy atom. The number of pyridine rings is 1. The van der Waals surface area contributed by atoms with Crippen LogP contribution in [-0.4, -0.2) is 36.9 Å². The Morgan fingerprint density at radius 1 is 1.50 bits per heavy atom. The second-order valence-corrected chi connectivity index (χ2v) is 7.34. The Morgan fingerprint density at radius 2 is 2.11 bits per heavy atom. The number of rotatable bonds is 4. The van der Waals surface area contributed by atoms with Gasteiger partial charge in [0.25, 0.3) is 5.91 Å². The largest absolute Gasteiger partial charge is 0.399 e. The van der Waals surface area contributed by atoms with Gasteiger partial charge in [0.1, 0.15) is 5.69 Å². The van der Waals surface area contributed by atoms with Gasteiger partial charge < -0.3 is 11.1 Å². The molecule has 0 unspecified atom stereocenters. The second-order valence-electron chi connectivity index (χ2n) is 4.69. The van der Waals surface area contributed by atoms with Gasteiger partial charge in [-0.3, -0.25) is 9.78 Å². The summed E-state index contributed by atoms with van der Waals surface area (Å²) in [4.78, 5) is 15.6. The van der Waals surface area contributed by atoms with E-state index in [1.165, 1.54) is 12.3 Å². The fourth-order valence-corrected chi connectivity index (χ4v) is 1.42. The van der Waals surface area contributed by atoms with Gasteiger partial charge in [-0.25, -0.2) is 8.42 Å². The molecule has 3 N–H and O–H groups in total. The predicted molar refractivity (Wildman–Crippen MR) is 69.9 cm³/mol. The first kappa shape index (κ1) is 14.4. The maximum absolute atomic E-state index is 11.7. The SMILES string of the molecule is CC(C)(CNC(=O)c1cc(N)ccn1)S(C)(=O)=O. The molecule has 18 heavy (non-hydrogen) atoms. The maximum Gasteiger partial charge on any atom is 0.270 e. The Kier molecular flexibility index (Phi) is 3.95. The van der Waals surface area contributed by atoms with Gasteiger partial charge in [-0.05, 0) is 26.0 Å². The van der Waals surface area contributed by atoms with Crippen molar-refractivity contribution in [3.63, 3.8) is 0 Å². The zero-order chi connectivity index (χ0) is 14.0. The van der Waals surface area contributed by atoms with E-state index < -0.39 is 20.5 Å². The van der Waals surface area contributed by atoms with Crippen LogP contribution >= 0.6 is 0 Å². The van der Waals surface area contributed by atoms with Crippen LogP contribution in [0.5, 0.6) is 0 Å². The minimum Gasteiger partial charge on any atom is -0.399 e. The molecule has 0 radical (unpaired) electrons. The van der Waals surface area contributed by atoms with E-state index in [1.807, 2.05) is 0 Å². The van der Waals surface area contributed by atoms with Crippen LogP contribution in [0.1, 0.15) is 24.3 Å². The summed E-state index contributed by atoms with van der Waals surface area (Å²) in [5.74, 6) is -0.445. The van der Waals surface area contributed by atoms with Crippen LogP contribution in [0, 0.1) is 0 Å². The summed E-state index contributed by atoms with van der Waals surface area (Å²) in [7, 11) is -3.25. The molecule has 1 rings (SSSR count). The number of aromatic nitrogens is 1. The van der Waals surface area contributed by atoms with Gasteiger partial charge in [0.05, 0.1) is 4.75 Å². The first-order chi connectivity index (χ1) is 8.13. The molecule has 0 aromatic carbocycles. The molecule has 1 aromatic rings. The van der Waals surface area contributed by atoms with Crippen molar-refractivity contribution in [1.29, 1.82) is 0 Å². The Balaban J connectivity index is 2.74. The van der Waals surface area contributed by atoms with Crippen molar-refractivity contribution in [2.24, 2.45) is 0 Å². The molecule has 0 atom stereocenters. The molecule has 0 fully saturated rings. The minimum absolute atomic E-state index is 0.0150. The van der Waals surface area contributed by atoms with Crippen molar-refractivity contribution in [3.8, 4) is 0 Å². The van der Waals surface area contributed by atoms with E-state index in [1.54, 1.807) is 19.9 Å². The van der Waals surface area contributed by atoms with Gasteiger partial charge in [-0.2, -0.15) is 0 Å². The number of hydrogen-bond donors (Lipinski definition) is 2. The summed E-state index contributed by atoms with van der Waals surface area (Å²) in [6.45, 7) is 3.12. The number of anilines is 1. The van der Waals surface area contributed by atoms with Gasteiger partial charge in [0.2, 0.25) is 0 Å². The first-order valence-electron chi connectivity index (χ1n) is 5.33. The van der Waals surface area contributed by atoms with Crippen LogP contribution in [0.4, 0.5) is 5.69 Å². The Hall–Kier alpha value is -1.63. The van der Waals surface area contributed by atoms with E-state index in [0.29, 0.717) is 5.69 Å². The number of nitrogens with two attached hydrogens (primary N) is 1. The van der Waals surface area contributed by atoms with Crippen molar-refractivity contribution in [1.82, 2.24) is 10.3 Å². The summed E-state index contributed by atoms with van der Waals surface area (Å²) in [6.07, 6.45) is 2.56. The zero-order valence-electron chi connectivity index (χ0n) is 10.6. The first-order valence-corrected chi connectivity index (χ1v) is 7.22. The molecule has 0 aliphatic rings. The molecule has 0 saturated carbocycles. The number of nitrogens with zero attached hydrogens (tertiary/aromatic N) is 1. The van der Waals surface area contributed by atoms with Crippen LogP contribution in [0.15, 0.2) is 18.3 Å². The fraction of sp³-hybridized carbons (Fsp3) is 0.455. The van der Waals surface area contributed by atoms with Crippen molar-refractivity contribution in [2.75, 3.05) is 18.5 Å². The lowest BCUT2D eigenvalue weighted by atomic mass is 10.2. The molecular formula is C11H17N3O3S. The Labute approximate surface area is 107 Å². The van der Waals surface area contributed by atoms with Gasteiger partial charge in [0.15, 0.2) is 9.84 Å². The zero-order valence-corrected chi connectivity index (χ0v) is 11.4. The number of nitrogen functional groups attached to an aromatic ring is 1. The third-order valence-corrected chi connectivity index (χ3v) is 4.85. The van der Waals surface area contributed by atoms with Crippen molar-refractivity contribution in [3.05, 3.63) is 24.0 Å². The number of hydrogen-bond acceptors (Lipinski definition) is 5. The molecule has 1 amide bonds. The molecule has 1 aromatic heterocycles. The number of sulfone groups is 1. The van der Waals surface area contributed by atoms with E-state index in [2.05, 4.69) is 10.3 Å². The fourth-order valence-electron chi connectivity index (χ4n) is 1.09. The highest BCUT2D eigenvalue weighted by molar-refractivity contribution is 7.92. The van der Waals surface area contributed by atoms with Gasteiger partial charge in [-0.15, -0.1) is 0 Å². The summed E-state index contributed by atoms with van der Waals surface area (Å²) >= 11 is 0. The maximum atomic E-state index is 11.7. The lowest BCUT2D eigenvalue weighted by molar-refractivity contribution is 0.0945. The van der Waals surface area contributed by atoms with Crippen molar-refractivity contribution < 1.29 is 13.2 Å². The average molecular weight is 271 g/mol. The minimum atomic E-state index is -3.25. The number of amides is 1. The standard InChI is InChI=1S/C11H17N3O3S/c1-11(2,18(3,16)17)7-14-10(15)9-6-8(12)4-5-13-9/h4-6H,7H2,1-3H3,(H2,12,13)(H,14,15). The molecule has 1 heterocycles. The highest BCUT2D eigenvalue weighted by Crippen LogP contribution is 2.13. The number of carbonyl (C=O) groups is 1. The summed E-state index contributed by atoms with van der Waals surface area (Å²) in [5, 5.41) is 2.54. The van der Waals surface area contributed by atoms with Gasteiger partial charge >= 0.3 is 0 Å². The third kappa shape index (κ3) is 3.43. The molecule has 0 bridgehead atoms. The lowest BCUT2D eigenvalue weighted by Gasteiger charge is -2.22. The summed E-state index contributed by atoms with van der Waals surface area (Å²) in [6, 6.07) is 3.00. The van der Waals surface area contributed by atoms with Crippen LogP contribution in [-0.2, 0) is 9.84 Å². The van der Waals surface area contributed by atoms with E-state index in [0.717, 1.165) is 6.26 Å². The number of carbonyl (C=O) groups excluding carboxylic acids is 1.